The van der Waals surface area contributed by atoms with Crippen LogP contribution in [-0.2, 0) is 16.0 Å². The van der Waals surface area contributed by atoms with Gasteiger partial charge in [-0.25, -0.2) is 9.18 Å². The zero-order chi connectivity index (χ0) is 19.3. The van der Waals surface area contributed by atoms with Crippen LogP contribution in [0.3, 0.4) is 0 Å². The van der Waals surface area contributed by atoms with E-state index in [1.54, 1.807) is 28.0 Å². The molecule has 2 rings (SSSR count). The molecule has 0 radical (unpaired) electrons. The van der Waals surface area contributed by atoms with Crippen molar-refractivity contribution in [3.8, 4) is 0 Å². The van der Waals surface area contributed by atoms with Crippen molar-refractivity contribution < 1.29 is 18.7 Å². The van der Waals surface area contributed by atoms with Crippen LogP contribution in [-0.4, -0.2) is 58.4 Å². The van der Waals surface area contributed by atoms with E-state index in [1.807, 2.05) is 20.8 Å². The standard InChI is InChI=1S/C19H26BrFN2O3/c1-19(2,3)26-18(25)23-10-6-9-22(11-12-23)17(24)15(20)13-14-7-4-5-8-16(14)21/h4-5,7-8,15H,6,9-13H2,1-3H3. The lowest BCUT2D eigenvalue weighted by atomic mass is 10.1. The summed E-state index contributed by atoms with van der Waals surface area (Å²) in [4.78, 5) is 27.8. The molecule has 0 aliphatic carbocycles. The normalized spacial score (nSPS) is 16.8. The summed E-state index contributed by atoms with van der Waals surface area (Å²) < 4.78 is 19.2. The second kappa shape index (κ2) is 8.84. The van der Waals surface area contributed by atoms with E-state index in [4.69, 9.17) is 4.74 Å². The predicted octanol–water partition coefficient (Wildman–Crippen LogP) is 3.60. The van der Waals surface area contributed by atoms with Crippen LogP contribution in [0.25, 0.3) is 0 Å². The van der Waals surface area contributed by atoms with Crippen molar-refractivity contribution in [3.63, 3.8) is 0 Å². The molecule has 2 amide bonds. The van der Waals surface area contributed by atoms with Gasteiger partial charge in [0, 0.05) is 26.2 Å². The Morgan fingerprint density at radius 1 is 1.15 bits per heavy atom. The Morgan fingerprint density at radius 2 is 1.77 bits per heavy atom. The largest absolute Gasteiger partial charge is 0.444 e. The first kappa shape index (κ1) is 20.7. The SMILES string of the molecule is CC(C)(C)OC(=O)N1CCCN(C(=O)C(Br)Cc2ccccc2F)CC1. The van der Waals surface area contributed by atoms with Crippen molar-refractivity contribution in [1.29, 1.82) is 0 Å². The molecule has 1 atom stereocenters. The third-order valence-corrected chi connectivity index (χ3v) is 4.80. The van der Waals surface area contributed by atoms with E-state index < -0.39 is 10.4 Å². The quantitative estimate of drug-likeness (QED) is 0.690. The van der Waals surface area contributed by atoms with Gasteiger partial charge in [0.1, 0.15) is 11.4 Å². The number of hydrogen-bond acceptors (Lipinski definition) is 3. The van der Waals surface area contributed by atoms with Crippen LogP contribution < -0.4 is 0 Å². The number of carbonyl (C=O) groups excluding carboxylic acids is 2. The summed E-state index contributed by atoms with van der Waals surface area (Å²) in [6.45, 7) is 7.48. The molecule has 26 heavy (non-hydrogen) atoms. The van der Waals surface area contributed by atoms with Gasteiger partial charge < -0.3 is 14.5 Å². The first-order chi connectivity index (χ1) is 12.2. The minimum absolute atomic E-state index is 0.0840. The molecule has 1 heterocycles. The van der Waals surface area contributed by atoms with Crippen LogP contribution in [0.2, 0.25) is 0 Å². The zero-order valence-corrected chi connectivity index (χ0v) is 17.1. The van der Waals surface area contributed by atoms with Crippen molar-refractivity contribution >= 4 is 27.9 Å². The number of rotatable bonds is 3. The number of halogens is 2. The number of alkyl halides is 1. The number of ether oxygens (including phenoxy) is 1. The van der Waals surface area contributed by atoms with Crippen LogP contribution in [0, 0.1) is 5.82 Å². The number of nitrogens with zero attached hydrogens (tertiary/aromatic N) is 2. The van der Waals surface area contributed by atoms with Gasteiger partial charge in [0.25, 0.3) is 0 Å². The minimum Gasteiger partial charge on any atom is -0.444 e. The summed E-state index contributed by atoms with van der Waals surface area (Å²) in [6, 6.07) is 6.46. The molecule has 144 valence electrons. The second-order valence-electron chi connectivity index (χ2n) is 7.41. The summed E-state index contributed by atoms with van der Waals surface area (Å²) in [7, 11) is 0. The van der Waals surface area contributed by atoms with Gasteiger partial charge in [0.05, 0.1) is 4.83 Å². The van der Waals surface area contributed by atoms with Crippen molar-refractivity contribution in [3.05, 3.63) is 35.6 Å². The molecule has 1 aliphatic rings. The van der Waals surface area contributed by atoms with E-state index in [0.29, 0.717) is 38.2 Å². The molecule has 7 heteroatoms. The molecular formula is C19H26BrFN2O3. The Hall–Kier alpha value is -1.63. The Balaban J connectivity index is 1.92. The maximum atomic E-state index is 13.8. The zero-order valence-electron chi connectivity index (χ0n) is 15.5. The Bertz CT molecular complexity index is 648. The lowest BCUT2D eigenvalue weighted by molar-refractivity contribution is -0.130. The average molecular weight is 429 g/mol. The first-order valence-corrected chi connectivity index (χ1v) is 9.73. The second-order valence-corrected chi connectivity index (χ2v) is 8.51. The number of amides is 2. The summed E-state index contributed by atoms with van der Waals surface area (Å²) in [6.07, 6.45) is 0.621. The highest BCUT2D eigenvalue weighted by Crippen LogP contribution is 2.18. The number of benzene rings is 1. The van der Waals surface area contributed by atoms with Gasteiger partial charge in [0.15, 0.2) is 0 Å². The topological polar surface area (TPSA) is 49.9 Å². The van der Waals surface area contributed by atoms with Crippen molar-refractivity contribution in [1.82, 2.24) is 9.80 Å². The van der Waals surface area contributed by atoms with E-state index in [0.717, 1.165) is 0 Å². The highest BCUT2D eigenvalue weighted by atomic mass is 79.9. The molecule has 0 saturated carbocycles. The summed E-state index contributed by atoms with van der Waals surface area (Å²) in [5, 5.41) is 0. The fourth-order valence-electron chi connectivity index (χ4n) is 2.79. The molecule has 0 N–H and O–H groups in total. The van der Waals surface area contributed by atoms with Crippen LogP contribution in [0.15, 0.2) is 24.3 Å². The van der Waals surface area contributed by atoms with Gasteiger partial charge >= 0.3 is 6.09 Å². The Kier molecular flexibility index (Phi) is 7.03. The van der Waals surface area contributed by atoms with Crippen LogP contribution >= 0.6 is 15.9 Å². The van der Waals surface area contributed by atoms with E-state index in [9.17, 15) is 14.0 Å². The molecule has 1 aliphatic heterocycles. The lowest BCUT2D eigenvalue weighted by Gasteiger charge is -2.27. The minimum atomic E-state index is -0.542. The maximum Gasteiger partial charge on any atom is 0.410 e. The van der Waals surface area contributed by atoms with Crippen molar-refractivity contribution in [2.24, 2.45) is 0 Å². The predicted molar refractivity (Wildman–Crippen MR) is 102 cm³/mol. The third kappa shape index (κ3) is 5.97. The fraction of sp³-hybridized carbons (Fsp3) is 0.579. The van der Waals surface area contributed by atoms with E-state index >= 15 is 0 Å². The van der Waals surface area contributed by atoms with E-state index in [2.05, 4.69) is 15.9 Å². The van der Waals surface area contributed by atoms with Crippen molar-refractivity contribution in [2.75, 3.05) is 26.2 Å². The highest BCUT2D eigenvalue weighted by molar-refractivity contribution is 9.10. The molecule has 1 unspecified atom stereocenters. The summed E-state index contributed by atoms with van der Waals surface area (Å²) in [5.41, 5.74) is -0.0347. The van der Waals surface area contributed by atoms with Gasteiger partial charge in [-0.05, 0) is 45.2 Å². The Morgan fingerprint density at radius 3 is 2.42 bits per heavy atom. The molecule has 0 bridgehead atoms. The monoisotopic (exact) mass is 428 g/mol. The third-order valence-electron chi connectivity index (χ3n) is 4.08. The fourth-order valence-corrected chi connectivity index (χ4v) is 3.43. The lowest BCUT2D eigenvalue weighted by Crippen LogP contribution is -2.42. The first-order valence-electron chi connectivity index (χ1n) is 8.81. The molecule has 0 aromatic heterocycles. The molecule has 0 spiro atoms. The Labute approximate surface area is 162 Å². The van der Waals surface area contributed by atoms with Crippen molar-refractivity contribution in [2.45, 2.75) is 44.0 Å². The molecule has 1 fully saturated rings. The van der Waals surface area contributed by atoms with E-state index in [1.165, 1.54) is 6.07 Å². The molecule has 5 nitrogen and oxygen atoms in total. The van der Waals surface area contributed by atoms with Crippen LogP contribution in [0.5, 0.6) is 0 Å². The van der Waals surface area contributed by atoms with Gasteiger partial charge in [-0.1, -0.05) is 34.1 Å². The van der Waals surface area contributed by atoms with Gasteiger partial charge in [-0.15, -0.1) is 0 Å². The summed E-state index contributed by atoms with van der Waals surface area (Å²) >= 11 is 3.40. The van der Waals surface area contributed by atoms with Gasteiger partial charge in [0.2, 0.25) is 5.91 Å². The number of hydrogen-bond donors (Lipinski definition) is 0. The van der Waals surface area contributed by atoms with Gasteiger partial charge in [-0.3, -0.25) is 4.79 Å². The molecular weight excluding hydrogens is 403 g/mol. The molecule has 1 aromatic rings. The molecule has 1 saturated heterocycles. The summed E-state index contributed by atoms with van der Waals surface area (Å²) in [5.74, 6) is -0.393. The van der Waals surface area contributed by atoms with Crippen LogP contribution in [0.1, 0.15) is 32.8 Å². The van der Waals surface area contributed by atoms with Crippen LogP contribution in [0.4, 0.5) is 9.18 Å². The van der Waals surface area contributed by atoms with E-state index in [-0.39, 0.29) is 24.2 Å². The maximum absolute atomic E-state index is 13.8. The van der Waals surface area contributed by atoms with Gasteiger partial charge in [-0.2, -0.15) is 0 Å². The molecule has 1 aromatic carbocycles. The number of carbonyl (C=O) groups is 2. The highest BCUT2D eigenvalue weighted by Gasteiger charge is 2.28. The average Bonchev–Trinajstić information content (AvgIpc) is 2.80. The smallest absolute Gasteiger partial charge is 0.410 e.